The molecule has 130 valence electrons. The van der Waals surface area contributed by atoms with Crippen LogP contribution in [0.1, 0.15) is 5.89 Å². The Morgan fingerprint density at radius 2 is 1.80 bits per heavy atom. The summed E-state index contributed by atoms with van der Waals surface area (Å²) < 4.78 is 49.8. The van der Waals surface area contributed by atoms with E-state index in [1.54, 1.807) is 12.1 Å². The molecule has 25 heavy (non-hydrogen) atoms. The Kier molecular flexibility index (Phi) is 4.77. The van der Waals surface area contributed by atoms with Gasteiger partial charge in [0.15, 0.2) is 0 Å². The summed E-state index contributed by atoms with van der Waals surface area (Å²) in [4.78, 5) is 4.18. The highest BCUT2D eigenvalue weighted by Crippen LogP contribution is 2.17. The van der Waals surface area contributed by atoms with E-state index in [4.69, 9.17) is 9.26 Å². The molecule has 1 aromatic heterocycles. The monoisotopic (exact) mass is 363 g/mol. The molecule has 0 amide bonds. The van der Waals surface area contributed by atoms with Crippen LogP contribution in [0.15, 0.2) is 57.9 Å². The van der Waals surface area contributed by atoms with E-state index in [2.05, 4.69) is 14.9 Å². The first-order valence-corrected chi connectivity index (χ1v) is 8.68. The van der Waals surface area contributed by atoms with Gasteiger partial charge in [-0.15, -0.1) is 0 Å². The van der Waals surface area contributed by atoms with Crippen LogP contribution in [0, 0.1) is 5.82 Å². The van der Waals surface area contributed by atoms with Gasteiger partial charge >= 0.3 is 0 Å². The van der Waals surface area contributed by atoms with Gasteiger partial charge in [0.1, 0.15) is 11.6 Å². The van der Waals surface area contributed by atoms with Crippen molar-refractivity contribution in [1.29, 1.82) is 0 Å². The number of sulfonamides is 1. The number of benzene rings is 2. The van der Waals surface area contributed by atoms with Crippen LogP contribution in [-0.4, -0.2) is 25.7 Å². The van der Waals surface area contributed by atoms with Crippen LogP contribution in [-0.2, 0) is 16.6 Å². The van der Waals surface area contributed by atoms with Gasteiger partial charge in [0.2, 0.25) is 21.7 Å². The van der Waals surface area contributed by atoms with E-state index >= 15 is 0 Å². The Labute approximate surface area is 143 Å². The lowest BCUT2D eigenvalue weighted by Crippen LogP contribution is -2.23. The Morgan fingerprint density at radius 1 is 1.12 bits per heavy atom. The van der Waals surface area contributed by atoms with Crippen molar-refractivity contribution in [2.75, 3.05) is 7.11 Å². The zero-order chi connectivity index (χ0) is 17.9. The third-order valence-corrected chi connectivity index (χ3v) is 4.77. The van der Waals surface area contributed by atoms with E-state index in [1.807, 2.05) is 0 Å². The predicted molar refractivity (Wildman–Crippen MR) is 86.7 cm³/mol. The molecular formula is C16H14FN3O4S. The Bertz CT molecular complexity index is 954. The molecule has 0 aliphatic rings. The van der Waals surface area contributed by atoms with Gasteiger partial charge in [0.05, 0.1) is 18.6 Å². The van der Waals surface area contributed by atoms with Gasteiger partial charge in [0.25, 0.3) is 0 Å². The van der Waals surface area contributed by atoms with Gasteiger partial charge in [-0.05, 0) is 48.5 Å². The summed E-state index contributed by atoms with van der Waals surface area (Å²) in [6.07, 6.45) is 0. The molecule has 7 nitrogen and oxygen atoms in total. The zero-order valence-corrected chi connectivity index (χ0v) is 14.0. The molecule has 2 aromatic carbocycles. The number of hydrogen-bond acceptors (Lipinski definition) is 6. The molecule has 0 fully saturated rings. The summed E-state index contributed by atoms with van der Waals surface area (Å²) >= 11 is 0. The highest BCUT2D eigenvalue weighted by atomic mass is 32.2. The number of hydrogen-bond donors (Lipinski definition) is 1. The van der Waals surface area contributed by atoms with E-state index in [9.17, 15) is 12.8 Å². The van der Waals surface area contributed by atoms with Crippen LogP contribution in [0.4, 0.5) is 4.39 Å². The first-order chi connectivity index (χ1) is 12.0. The number of nitrogens with zero attached hydrogens (tertiary/aromatic N) is 2. The van der Waals surface area contributed by atoms with E-state index in [0.717, 1.165) is 0 Å². The normalized spacial score (nSPS) is 11.4. The van der Waals surface area contributed by atoms with E-state index in [0.29, 0.717) is 11.3 Å². The second kappa shape index (κ2) is 6.99. The molecule has 0 saturated heterocycles. The topological polar surface area (TPSA) is 94.3 Å². The molecule has 3 rings (SSSR count). The first-order valence-electron chi connectivity index (χ1n) is 7.20. The molecule has 3 aromatic rings. The van der Waals surface area contributed by atoms with Crippen molar-refractivity contribution in [2.24, 2.45) is 0 Å². The maximum absolute atomic E-state index is 12.9. The summed E-state index contributed by atoms with van der Waals surface area (Å²) in [7, 11) is -2.23. The molecule has 0 aliphatic heterocycles. The highest BCUT2D eigenvalue weighted by molar-refractivity contribution is 7.89. The van der Waals surface area contributed by atoms with E-state index in [-0.39, 0.29) is 29.0 Å². The Hall–Kier alpha value is -2.78. The fourth-order valence-electron chi connectivity index (χ4n) is 2.04. The number of nitrogens with one attached hydrogen (secondary N) is 1. The molecule has 0 atom stereocenters. The van der Waals surface area contributed by atoms with Crippen LogP contribution in [0.5, 0.6) is 5.75 Å². The Balaban J connectivity index is 1.69. The third-order valence-electron chi connectivity index (χ3n) is 3.35. The fourth-order valence-corrected chi connectivity index (χ4v) is 3.01. The minimum absolute atomic E-state index is 0.0894. The average Bonchev–Trinajstić information content (AvgIpc) is 3.10. The average molecular weight is 363 g/mol. The van der Waals surface area contributed by atoms with Crippen LogP contribution in [0.3, 0.4) is 0 Å². The standard InChI is InChI=1S/C16H14FN3O4S/c1-23-13-6-8-14(9-7-13)25(21,22)18-10-15-19-16(20-24-15)11-2-4-12(17)5-3-11/h2-9,18H,10H2,1H3. The van der Waals surface area contributed by atoms with Crippen LogP contribution < -0.4 is 9.46 Å². The Morgan fingerprint density at radius 3 is 2.44 bits per heavy atom. The second-order valence-electron chi connectivity index (χ2n) is 5.02. The largest absolute Gasteiger partial charge is 0.497 e. The van der Waals surface area contributed by atoms with Gasteiger partial charge in [0, 0.05) is 5.56 Å². The van der Waals surface area contributed by atoms with Gasteiger partial charge in [-0.1, -0.05) is 5.16 Å². The molecule has 0 bridgehead atoms. The van der Waals surface area contributed by atoms with Crippen LogP contribution in [0.2, 0.25) is 0 Å². The molecule has 1 heterocycles. The number of ether oxygens (including phenoxy) is 1. The summed E-state index contributed by atoms with van der Waals surface area (Å²) in [6, 6.07) is 11.5. The number of rotatable bonds is 6. The van der Waals surface area contributed by atoms with E-state index in [1.165, 1.54) is 43.5 Å². The smallest absolute Gasteiger partial charge is 0.242 e. The van der Waals surface area contributed by atoms with Gasteiger partial charge in [-0.3, -0.25) is 0 Å². The van der Waals surface area contributed by atoms with Crippen molar-refractivity contribution in [3.63, 3.8) is 0 Å². The maximum atomic E-state index is 12.9. The number of methoxy groups -OCH3 is 1. The minimum atomic E-state index is -3.73. The molecule has 0 spiro atoms. The van der Waals surface area contributed by atoms with Crippen molar-refractivity contribution in [3.05, 3.63) is 60.2 Å². The third kappa shape index (κ3) is 4.01. The zero-order valence-electron chi connectivity index (χ0n) is 13.1. The van der Waals surface area contributed by atoms with Crippen molar-refractivity contribution < 1.29 is 22.1 Å². The summed E-state index contributed by atoms with van der Waals surface area (Å²) in [6.45, 7) is -0.164. The van der Waals surface area contributed by atoms with Crippen molar-refractivity contribution in [2.45, 2.75) is 11.4 Å². The lowest BCUT2D eigenvalue weighted by atomic mass is 10.2. The molecule has 0 radical (unpaired) electrons. The molecule has 0 saturated carbocycles. The first kappa shape index (κ1) is 17.1. The minimum Gasteiger partial charge on any atom is -0.497 e. The summed E-state index contributed by atoms with van der Waals surface area (Å²) in [5.41, 5.74) is 0.564. The molecule has 0 aliphatic carbocycles. The number of halogens is 1. The van der Waals surface area contributed by atoms with Gasteiger partial charge < -0.3 is 9.26 Å². The summed E-state index contributed by atoms with van der Waals surface area (Å²) in [5.74, 6) is 0.523. The highest BCUT2D eigenvalue weighted by Gasteiger charge is 2.16. The second-order valence-corrected chi connectivity index (χ2v) is 6.79. The predicted octanol–water partition coefficient (Wildman–Crippen LogP) is 2.36. The molecule has 9 heteroatoms. The van der Waals surface area contributed by atoms with Crippen molar-refractivity contribution in [3.8, 4) is 17.1 Å². The van der Waals surface area contributed by atoms with Crippen molar-refractivity contribution >= 4 is 10.0 Å². The lowest BCUT2D eigenvalue weighted by molar-refractivity contribution is 0.376. The quantitative estimate of drug-likeness (QED) is 0.722. The van der Waals surface area contributed by atoms with Gasteiger partial charge in [-0.2, -0.15) is 4.98 Å². The fraction of sp³-hybridized carbons (Fsp3) is 0.125. The maximum Gasteiger partial charge on any atom is 0.242 e. The molecule has 1 N–H and O–H groups in total. The molecule has 0 unspecified atom stereocenters. The van der Waals surface area contributed by atoms with Crippen LogP contribution >= 0.6 is 0 Å². The van der Waals surface area contributed by atoms with Crippen LogP contribution in [0.25, 0.3) is 11.4 Å². The SMILES string of the molecule is COc1ccc(S(=O)(=O)NCc2nc(-c3ccc(F)cc3)no2)cc1. The lowest BCUT2D eigenvalue weighted by Gasteiger charge is -2.05. The number of aromatic nitrogens is 2. The summed E-state index contributed by atoms with van der Waals surface area (Å²) in [5, 5.41) is 3.75. The molecular weight excluding hydrogens is 349 g/mol. The van der Waals surface area contributed by atoms with Crippen molar-refractivity contribution in [1.82, 2.24) is 14.9 Å². The van der Waals surface area contributed by atoms with Gasteiger partial charge in [-0.25, -0.2) is 17.5 Å². The van der Waals surface area contributed by atoms with E-state index < -0.39 is 10.0 Å².